The van der Waals surface area contributed by atoms with Gasteiger partial charge in [-0.25, -0.2) is 17.9 Å². The standard InChI is InChI=1S/C17H28N4O6SSi.Na/c1-17(2,3)29(4,5)26-9-7-13-6-8-20(18-13)14-10-15-12-19(11-14)16(22)21(15)27-28(23,24)25;/h6,8,10,15H,7,9,11-12H2,1-5H3,(H,23,24,25);/q;+1/p-1. The van der Waals surface area contributed by atoms with Gasteiger partial charge in [0.25, 0.3) is 0 Å². The number of nitrogens with zero attached hydrogens (tertiary/aromatic N) is 4. The fraction of sp³-hybridized carbons (Fsp3) is 0.647. The quantitative estimate of drug-likeness (QED) is 0.282. The van der Waals surface area contributed by atoms with Gasteiger partial charge in [-0.05, 0) is 30.3 Å². The Morgan fingerprint density at radius 2 is 2.00 bits per heavy atom. The molecule has 1 aromatic heterocycles. The number of hydrogen-bond donors (Lipinski definition) is 0. The van der Waals surface area contributed by atoms with Crippen LogP contribution in [0.5, 0.6) is 0 Å². The zero-order valence-corrected chi connectivity index (χ0v) is 22.1. The molecule has 10 nitrogen and oxygen atoms in total. The van der Waals surface area contributed by atoms with Crippen LogP contribution >= 0.6 is 0 Å². The van der Waals surface area contributed by atoms with Crippen molar-refractivity contribution in [2.75, 3.05) is 19.7 Å². The molecule has 1 unspecified atom stereocenters. The van der Waals surface area contributed by atoms with Gasteiger partial charge < -0.3 is 13.9 Å². The van der Waals surface area contributed by atoms with Crippen LogP contribution < -0.4 is 29.6 Å². The van der Waals surface area contributed by atoms with Crippen LogP contribution in [0.2, 0.25) is 18.1 Å². The number of urea groups is 1. The van der Waals surface area contributed by atoms with E-state index in [1.807, 2.05) is 6.07 Å². The Morgan fingerprint density at radius 3 is 2.60 bits per heavy atom. The molecule has 0 N–H and O–H groups in total. The number of hydroxylamine groups is 2. The molecular weight excluding hydrogens is 439 g/mol. The molecule has 30 heavy (non-hydrogen) atoms. The molecule has 0 radical (unpaired) electrons. The summed E-state index contributed by atoms with van der Waals surface area (Å²) < 4.78 is 44.8. The summed E-state index contributed by atoms with van der Waals surface area (Å²) in [5.41, 5.74) is 1.57. The van der Waals surface area contributed by atoms with Crippen molar-refractivity contribution < 1.29 is 56.0 Å². The second-order valence-corrected chi connectivity index (χ2v) is 14.6. The average molecular weight is 467 g/mol. The zero-order valence-electron chi connectivity index (χ0n) is 18.3. The first-order valence-electron chi connectivity index (χ1n) is 9.40. The number of carbonyl (C=O) groups excluding carboxylic acids is 1. The predicted molar refractivity (Wildman–Crippen MR) is 107 cm³/mol. The minimum atomic E-state index is -5.02. The summed E-state index contributed by atoms with van der Waals surface area (Å²) in [6, 6.07) is 0.570. The van der Waals surface area contributed by atoms with Gasteiger partial charge in [-0.1, -0.05) is 20.8 Å². The van der Waals surface area contributed by atoms with Crippen molar-refractivity contribution in [1.82, 2.24) is 19.7 Å². The third kappa shape index (κ3) is 5.74. The third-order valence-electron chi connectivity index (χ3n) is 5.64. The van der Waals surface area contributed by atoms with Crippen LogP contribution in [0.25, 0.3) is 5.70 Å². The summed E-state index contributed by atoms with van der Waals surface area (Å²) >= 11 is 0. The molecule has 1 aromatic rings. The molecule has 1 saturated heterocycles. The Hall–Kier alpha value is -0.733. The van der Waals surface area contributed by atoms with E-state index >= 15 is 0 Å². The number of aromatic nitrogens is 2. The van der Waals surface area contributed by atoms with E-state index in [2.05, 4.69) is 43.2 Å². The van der Waals surface area contributed by atoms with E-state index in [4.69, 9.17) is 4.43 Å². The molecule has 3 heterocycles. The van der Waals surface area contributed by atoms with Crippen molar-refractivity contribution in [2.45, 2.75) is 51.4 Å². The summed E-state index contributed by atoms with van der Waals surface area (Å²) in [5.74, 6) is 0. The van der Waals surface area contributed by atoms with Gasteiger partial charge in [-0.2, -0.15) is 14.4 Å². The molecule has 0 saturated carbocycles. The van der Waals surface area contributed by atoms with Gasteiger partial charge in [-0.3, -0.25) is 0 Å². The third-order valence-corrected chi connectivity index (χ3v) is 10.5. The first-order chi connectivity index (χ1) is 13.3. The second kappa shape index (κ2) is 9.02. The van der Waals surface area contributed by atoms with Gasteiger partial charge in [-0.15, -0.1) is 0 Å². The predicted octanol–water partition coefficient (Wildman–Crippen LogP) is -1.20. The largest absolute Gasteiger partial charge is 1.00 e. The van der Waals surface area contributed by atoms with E-state index in [0.29, 0.717) is 23.8 Å². The van der Waals surface area contributed by atoms with Crippen molar-refractivity contribution in [3.8, 4) is 0 Å². The summed E-state index contributed by atoms with van der Waals surface area (Å²) in [7, 11) is -6.84. The van der Waals surface area contributed by atoms with Gasteiger partial charge in [0.05, 0.1) is 17.9 Å². The van der Waals surface area contributed by atoms with Gasteiger partial charge in [0.2, 0.25) is 10.4 Å². The molecule has 2 aliphatic heterocycles. The molecule has 2 bridgehead atoms. The Balaban J connectivity index is 0.00000320. The number of fused-ring (bicyclic) bond motifs is 2. The Labute approximate surface area is 200 Å². The van der Waals surface area contributed by atoms with Crippen molar-refractivity contribution in [3.05, 3.63) is 24.0 Å². The molecule has 13 heteroatoms. The van der Waals surface area contributed by atoms with Crippen molar-refractivity contribution >= 4 is 30.4 Å². The Kier molecular flexibility index (Phi) is 7.68. The maximum atomic E-state index is 12.2. The van der Waals surface area contributed by atoms with Crippen LogP contribution in [-0.2, 0) is 25.5 Å². The van der Waals surface area contributed by atoms with Crippen molar-refractivity contribution in [2.24, 2.45) is 0 Å². The van der Waals surface area contributed by atoms with Crippen LogP contribution in [-0.4, -0.2) is 72.8 Å². The first kappa shape index (κ1) is 25.5. The van der Waals surface area contributed by atoms with Crippen LogP contribution in [0.3, 0.4) is 0 Å². The zero-order chi connectivity index (χ0) is 21.6. The van der Waals surface area contributed by atoms with E-state index in [1.54, 1.807) is 17.0 Å². The monoisotopic (exact) mass is 466 g/mol. The molecule has 3 rings (SSSR count). The Bertz CT molecular complexity index is 927. The molecule has 0 aliphatic carbocycles. The molecule has 0 aromatic carbocycles. The molecule has 162 valence electrons. The molecule has 2 aliphatic rings. The SMILES string of the molecule is CC(C)(C)[Si](C)(C)OCCc1ccn(C2=CC3CN(C2)C(=O)N3OS(=O)(=O)[O-])n1.[Na+]. The topological polar surface area (TPSA) is 117 Å². The first-order valence-corrected chi connectivity index (χ1v) is 13.6. The van der Waals surface area contributed by atoms with E-state index < -0.39 is 30.8 Å². The van der Waals surface area contributed by atoms with Gasteiger partial charge in [0, 0.05) is 25.8 Å². The molecule has 1 atom stereocenters. The van der Waals surface area contributed by atoms with E-state index in [9.17, 15) is 17.8 Å². The van der Waals surface area contributed by atoms with Crippen LogP contribution in [0.1, 0.15) is 26.5 Å². The summed E-state index contributed by atoms with van der Waals surface area (Å²) in [5, 5.41) is 5.29. The fourth-order valence-corrected chi connectivity index (χ4v) is 4.42. The number of rotatable bonds is 7. The number of amides is 2. The molecule has 1 fully saturated rings. The minimum Gasteiger partial charge on any atom is -0.724 e. The molecular formula is C17H27N4NaO6SSi. The number of carbonyl (C=O) groups is 1. The number of hydrogen-bond acceptors (Lipinski definition) is 7. The Morgan fingerprint density at radius 1 is 1.33 bits per heavy atom. The smallest absolute Gasteiger partial charge is 0.724 e. The van der Waals surface area contributed by atoms with Crippen molar-refractivity contribution in [1.29, 1.82) is 0 Å². The summed E-state index contributed by atoms with van der Waals surface area (Å²) in [6.07, 6.45) is 4.15. The van der Waals surface area contributed by atoms with Gasteiger partial charge in [0.1, 0.15) is 6.04 Å². The summed E-state index contributed by atoms with van der Waals surface area (Å²) in [4.78, 5) is 13.6. The van der Waals surface area contributed by atoms with E-state index in [-0.39, 0.29) is 47.7 Å². The van der Waals surface area contributed by atoms with E-state index in [1.165, 1.54) is 4.90 Å². The minimum absolute atomic E-state index is 0. The normalized spacial score (nSPS) is 19.7. The van der Waals surface area contributed by atoms with Gasteiger partial charge >= 0.3 is 35.6 Å². The van der Waals surface area contributed by atoms with Crippen molar-refractivity contribution in [3.63, 3.8) is 0 Å². The maximum Gasteiger partial charge on any atom is 1.00 e. The average Bonchev–Trinajstić information content (AvgIpc) is 3.12. The van der Waals surface area contributed by atoms with Crippen LogP contribution in [0, 0.1) is 0 Å². The van der Waals surface area contributed by atoms with Crippen LogP contribution in [0.15, 0.2) is 18.3 Å². The van der Waals surface area contributed by atoms with Gasteiger partial charge in [0.15, 0.2) is 8.32 Å². The maximum absolute atomic E-state index is 12.2. The second-order valence-electron chi connectivity index (χ2n) is 8.81. The summed E-state index contributed by atoms with van der Waals surface area (Å²) in [6.45, 7) is 12.1. The fourth-order valence-electron chi connectivity index (χ4n) is 3.00. The molecule has 2 amide bonds. The molecule has 0 spiro atoms. The van der Waals surface area contributed by atoms with Crippen LogP contribution in [0.4, 0.5) is 4.79 Å². The van der Waals surface area contributed by atoms with E-state index in [0.717, 1.165) is 5.69 Å².